The summed E-state index contributed by atoms with van der Waals surface area (Å²) in [6.07, 6.45) is 2.02. The van der Waals surface area contributed by atoms with Crippen LogP contribution in [0.3, 0.4) is 0 Å². The molecule has 0 saturated heterocycles. The Morgan fingerprint density at radius 1 is 1.11 bits per heavy atom. The minimum Gasteiger partial charge on any atom is -0.271 e. The summed E-state index contributed by atoms with van der Waals surface area (Å²) in [6, 6.07) is 14.3. The molecule has 94 valence electrons. The van der Waals surface area contributed by atoms with E-state index < -0.39 is 0 Å². The third-order valence-corrected chi connectivity index (χ3v) is 3.63. The van der Waals surface area contributed by atoms with E-state index in [4.69, 9.17) is 5.84 Å². The lowest BCUT2D eigenvalue weighted by molar-refractivity contribution is 0.612. The highest BCUT2D eigenvalue weighted by Gasteiger charge is 2.15. The molecule has 1 atom stereocenters. The monoisotopic (exact) mass is 262 g/mol. The summed E-state index contributed by atoms with van der Waals surface area (Å²) in [5, 5.41) is 0. The maximum absolute atomic E-state index is 12.9. The van der Waals surface area contributed by atoms with E-state index in [9.17, 15) is 4.39 Å². The van der Waals surface area contributed by atoms with Gasteiger partial charge in [-0.25, -0.2) is 9.82 Å². The SMILES string of the molecule is CSc1ccccc1C(NN)c1ccc(F)cc1. The fraction of sp³-hybridized carbons (Fsp3) is 0.143. The first kappa shape index (κ1) is 13.1. The van der Waals surface area contributed by atoms with Crippen LogP contribution < -0.4 is 11.3 Å². The van der Waals surface area contributed by atoms with Gasteiger partial charge in [-0.2, -0.15) is 0 Å². The molecule has 0 saturated carbocycles. The average Bonchev–Trinajstić information content (AvgIpc) is 2.42. The van der Waals surface area contributed by atoms with Crippen LogP contribution in [-0.4, -0.2) is 6.26 Å². The minimum absolute atomic E-state index is 0.130. The molecule has 0 aliphatic heterocycles. The quantitative estimate of drug-likeness (QED) is 0.505. The molecule has 0 amide bonds. The van der Waals surface area contributed by atoms with Crippen molar-refractivity contribution in [1.82, 2.24) is 5.43 Å². The van der Waals surface area contributed by atoms with Gasteiger partial charge in [0, 0.05) is 4.90 Å². The van der Waals surface area contributed by atoms with Gasteiger partial charge in [0.05, 0.1) is 6.04 Å². The molecule has 0 radical (unpaired) electrons. The van der Waals surface area contributed by atoms with Gasteiger partial charge in [0.15, 0.2) is 0 Å². The average molecular weight is 262 g/mol. The van der Waals surface area contributed by atoms with Gasteiger partial charge in [0.25, 0.3) is 0 Å². The van der Waals surface area contributed by atoms with Crippen LogP contribution in [0.25, 0.3) is 0 Å². The van der Waals surface area contributed by atoms with Gasteiger partial charge < -0.3 is 0 Å². The van der Waals surface area contributed by atoms with Gasteiger partial charge in [0.2, 0.25) is 0 Å². The van der Waals surface area contributed by atoms with Crippen LogP contribution in [0.2, 0.25) is 0 Å². The highest BCUT2D eigenvalue weighted by atomic mass is 32.2. The lowest BCUT2D eigenvalue weighted by Gasteiger charge is -2.19. The summed E-state index contributed by atoms with van der Waals surface area (Å²) in [6.45, 7) is 0. The zero-order valence-corrected chi connectivity index (χ0v) is 10.9. The molecule has 18 heavy (non-hydrogen) atoms. The lowest BCUT2D eigenvalue weighted by atomic mass is 9.99. The summed E-state index contributed by atoms with van der Waals surface area (Å²) < 4.78 is 12.9. The van der Waals surface area contributed by atoms with E-state index in [1.165, 1.54) is 12.1 Å². The summed E-state index contributed by atoms with van der Waals surface area (Å²) in [7, 11) is 0. The molecular weight excluding hydrogens is 247 g/mol. The van der Waals surface area contributed by atoms with E-state index >= 15 is 0 Å². The van der Waals surface area contributed by atoms with Crippen molar-refractivity contribution in [2.24, 2.45) is 5.84 Å². The van der Waals surface area contributed by atoms with Crippen molar-refractivity contribution in [1.29, 1.82) is 0 Å². The normalized spacial score (nSPS) is 12.4. The third kappa shape index (κ3) is 2.72. The Balaban J connectivity index is 2.41. The number of hydrogen-bond acceptors (Lipinski definition) is 3. The number of halogens is 1. The smallest absolute Gasteiger partial charge is 0.123 e. The number of nitrogens with two attached hydrogens (primary N) is 1. The van der Waals surface area contributed by atoms with Crippen LogP contribution in [0.4, 0.5) is 4.39 Å². The van der Waals surface area contributed by atoms with Gasteiger partial charge in [-0.15, -0.1) is 11.8 Å². The molecule has 2 aromatic rings. The third-order valence-electron chi connectivity index (χ3n) is 2.82. The second-order valence-corrected chi connectivity index (χ2v) is 4.74. The fourth-order valence-corrected chi connectivity index (χ4v) is 2.56. The van der Waals surface area contributed by atoms with Crippen LogP contribution in [0.15, 0.2) is 53.4 Å². The van der Waals surface area contributed by atoms with Crippen LogP contribution >= 0.6 is 11.8 Å². The highest BCUT2D eigenvalue weighted by molar-refractivity contribution is 7.98. The van der Waals surface area contributed by atoms with Crippen LogP contribution in [0, 0.1) is 5.82 Å². The number of hydrogen-bond donors (Lipinski definition) is 2. The lowest BCUT2D eigenvalue weighted by Crippen LogP contribution is -2.29. The predicted octanol–water partition coefficient (Wildman–Crippen LogP) is 3.10. The first-order chi connectivity index (χ1) is 8.76. The second-order valence-electron chi connectivity index (χ2n) is 3.89. The topological polar surface area (TPSA) is 38.0 Å². The highest BCUT2D eigenvalue weighted by Crippen LogP contribution is 2.29. The maximum atomic E-state index is 12.9. The van der Waals surface area contributed by atoms with Gasteiger partial charge in [-0.1, -0.05) is 30.3 Å². The number of thioether (sulfide) groups is 1. The number of benzene rings is 2. The van der Waals surface area contributed by atoms with Crippen molar-refractivity contribution in [2.45, 2.75) is 10.9 Å². The molecule has 0 bridgehead atoms. The molecule has 0 aliphatic rings. The van der Waals surface area contributed by atoms with Crippen molar-refractivity contribution in [2.75, 3.05) is 6.26 Å². The molecule has 3 N–H and O–H groups in total. The van der Waals surface area contributed by atoms with E-state index in [1.807, 2.05) is 30.5 Å². The summed E-state index contributed by atoms with van der Waals surface area (Å²) in [5.74, 6) is 5.40. The van der Waals surface area contributed by atoms with E-state index in [1.54, 1.807) is 23.9 Å². The number of hydrazine groups is 1. The second kappa shape index (κ2) is 6.00. The summed E-state index contributed by atoms with van der Waals surface area (Å²) >= 11 is 1.67. The van der Waals surface area contributed by atoms with Crippen molar-refractivity contribution in [3.05, 3.63) is 65.5 Å². The molecule has 0 heterocycles. The Labute approximate surface area is 110 Å². The standard InChI is InChI=1S/C14H15FN2S/c1-18-13-5-3-2-4-12(13)14(17-16)10-6-8-11(15)9-7-10/h2-9,14,17H,16H2,1H3. The number of rotatable bonds is 4. The largest absolute Gasteiger partial charge is 0.271 e. The zero-order chi connectivity index (χ0) is 13.0. The number of nitrogens with one attached hydrogen (secondary N) is 1. The first-order valence-corrected chi connectivity index (χ1v) is 6.83. The Hall–Kier alpha value is -1.36. The van der Waals surface area contributed by atoms with Crippen molar-refractivity contribution in [3.63, 3.8) is 0 Å². The van der Waals surface area contributed by atoms with E-state index in [2.05, 4.69) is 5.43 Å². The van der Waals surface area contributed by atoms with Crippen molar-refractivity contribution in [3.8, 4) is 0 Å². The Kier molecular flexibility index (Phi) is 4.36. The first-order valence-electron chi connectivity index (χ1n) is 5.60. The van der Waals surface area contributed by atoms with Gasteiger partial charge in [0.1, 0.15) is 5.82 Å². The van der Waals surface area contributed by atoms with Gasteiger partial charge in [-0.3, -0.25) is 5.84 Å². The zero-order valence-electron chi connectivity index (χ0n) is 10.1. The molecule has 0 spiro atoms. The molecule has 2 aromatic carbocycles. The summed E-state index contributed by atoms with van der Waals surface area (Å²) in [4.78, 5) is 1.16. The van der Waals surface area contributed by atoms with Crippen molar-refractivity contribution < 1.29 is 4.39 Å². The molecule has 0 fully saturated rings. The van der Waals surface area contributed by atoms with Crippen molar-refractivity contribution >= 4 is 11.8 Å². The van der Waals surface area contributed by atoms with Crippen LogP contribution in [0.1, 0.15) is 17.2 Å². The molecule has 0 aromatic heterocycles. The molecule has 2 nitrogen and oxygen atoms in total. The maximum Gasteiger partial charge on any atom is 0.123 e. The Morgan fingerprint density at radius 3 is 2.39 bits per heavy atom. The van der Waals surface area contributed by atoms with Gasteiger partial charge >= 0.3 is 0 Å². The van der Waals surface area contributed by atoms with E-state index in [-0.39, 0.29) is 11.9 Å². The molecule has 2 rings (SSSR count). The Bertz CT molecular complexity index is 513. The van der Waals surface area contributed by atoms with E-state index in [0.717, 1.165) is 16.0 Å². The molecular formula is C14H15FN2S. The molecule has 1 unspecified atom stereocenters. The molecule has 0 aliphatic carbocycles. The molecule has 4 heteroatoms. The summed E-state index contributed by atoms with van der Waals surface area (Å²) in [5.41, 5.74) is 4.83. The van der Waals surface area contributed by atoms with Crippen LogP contribution in [0.5, 0.6) is 0 Å². The predicted molar refractivity (Wildman–Crippen MR) is 73.8 cm³/mol. The van der Waals surface area contributed by atoms with Crippen LogP contribution in [-0.2, 0) is 0 Å². The Morgan fingerprint density at radius 2 is 1.78 bits per heavy atom. The fourth-order valence-electron chi connectivity index (χ4n) is 1.93. The van der Waals surface area contributed by atoms with Gasteiger partial charge in [-0.05, 0) is 35.6 Å². The minimum atomic E-state index is -0.243. The van der Waals surface area contributed by atoms with E-state index in [0.29, 0.717) is 0 Å².